The Labute approximate surface area is 88.3 Å². The maximum absolute atomic E-state index is 12.5. The average molecular weight is 215 g/mol. The smallest absolute Gasteiger partial charge is 0.278 e. The van der Waals surface area contributed by atoms with Crippen LogP contribution in [0.25, 0.3) is 0 Å². The summed E-state index contributed by atoms with van der Waals surface area (Å²) in [7, 11) is 0. The number of rotatable bonds is 4. The molecule has 0 bridgehead atoms. The van der Waals surface area contributed by atoms with Crippen molar-refractivity contribution in [2.24, 2.45) is 0 Å². The fourth-order valence-corrected chi connectivity index (χ4v) is 1.06. The van der Waals surface area contributed by atoms with Crippen molar-refractivity contribution >= 4 is 0 Å². The predicted molar refractivity (Wildman–Crippen MR) is 54.4 cm³/mol. The van der Waals surface area contributed by atoms with Gasteiger partial charge in [-0.3, -0.25) is 0 Å². The van der Waals surface area contributed by atoms with Gasteiger partial charge in [-0.1, -0.05) is 13.8 Å². The van der Waals surface area contributed by atoms with Crippen molar-refractivity contribution < 1.29 is 13.5 Å². The Bertz CT molecular complexity index is 321. The maximum Gasteiger partial charge on any atom is 0.278 e. The summed E-state index contributed by atoms with van der Waals surface area (Å²) >= 11 is 0. The van der Waals surface area contributed by atoms with E-state index >= 15 is 0 Å². The van der Waals surface area contributed by atoms with Gasteiger partial charge in [-0.15, -0.1) is 0 Å². The maximum atomic E-state index is 12.5. The highest BCUT2D eigenvalue weighted by Crippen LogP contribution is 2.19. The second-order valence-corrected chi connectivity index (χ2v) is 3.94. The van der Waals surface area contributed by atoms with E-state index < -0.39 is 12.5 Å². The summed E-state index contributed by atoms with van der Waals surface area (Å²) in [6.07, 6.45) is 1.57. The van der Waals surface area contributed by atoms with E-state index in [0.717, 1.165) is 12.5 Å². The second-order valence-electron chi connectivity index (χ2n) is 3.94. The number of halogens is 2. The van der Waals surface area contributed by atoms with E-state index in [-0.39, 0.29) is 5.88 Å². The van der Waals surface area contributed by atoms with Gasteiger partial charge in [-0.05, 0) is 17.5 Å². The predicted octanol–water partition coefficient (Wildman–Crippen LogP) is 3.24. The van der Waals surface area contributed by atoms with E-state index in [0.29, 0.717) is 5.92 Å². The Morgan fingerprint density at radius 3 is 2.67 bits per heavy atom. The molecule has 0 atom stereocenters. The van der Waals surface area contributed by atoms with Gasteiger partial charge in [0.2, 0.25) is 5.88 Å². The van der Waals surface area contributed by atoms with Crippen LogP contribution in [0.4, 0.5) is 8.78 Å². The zero-order valence-corrected chi connectivity index (χ0v) is 9.13. The van der Waals surface area contributed by atoms with E-state index in [9.17, 15) is 8.78 Å². The van der Waals surface area contributed by atoms with Gasteiger partial charge < -0.3 is 4.74 Å². The molecule has 0 saturated carbocycles. The molecule has 1 aromatic heterocycles. The van der Waals surface area contributed by atoms with Crippen LogP contribution in [0.3, 0.4) is 0 Å². The Hall–Kier alpha value is -1.19. The molecule has 0 radical (unpaired) electrons. The van der Waals surface area contributed by atoms with Gasteiger partial charge in [0.05, 0.1) is 0 Å². The van der Waals surface area contributed by atoms with Crippen molar-refractivity contribution in [1.29, 1.82) is 0 Å². The Morgan fingerprint density at radius 2 is 2.13 bits per heavy atom. The van der Waals surface area contributed by atoms with Crippen molar-refractivity contribution in [3.63, 3.8) is 0 Å². The molecule has 4 heteroatoms. The van der Waals surface area contributed by atoms with Crippen LogP contribution in [-0.4, -0.2) is 17.5 Å². The van der Waals surface area contributed by atoms with Gasteiger partial charge in [-0.25, -0.2) is 13.8 Å². The van der Waals surface area contributed by atoms with Crippen molar-refractivity contribution in [3.8, 4) is 5.88 Å². The van der Waals surface area contributed by atoms with Crippen LogP contribution >= 0.6 is 0 Å². The minimum atomic E-state index is -2.82. The minimum absolute atomic E-state index is 0.253. The van der Waals surface area contributed by atoms with Crippen LogP contribution in [0.5, 0.6) is 5.88 Å². The molecule has 0 aliphatic heterocycles. The summed E-state index contributed by atoms with van der Waals surface area (Å²) in [6, 6.07) is 3.54. The lowest BCUT2D eigenvalue weighted by Crippen LogP contribution is -2.21. The Balaban J connectivity index is 2.66. The third kappa shape index (κ3) is 4.23. The molecule has 2 nitrogen and oxygen atoms in total. The summed E-state index contributed by atoms with van der Waals surface area (Å²) in [4.78, 5) is 3.87. The highest BCUT2D eigenvalue weighted by Gasteiger charge is 2.22. The topological polar surface area (TPSA) is 22.1 Å². The van der Waals surface area contributed by atoms with Gasteiger partial charge in [0.1, 0.15) is 0 Å². The molecule has 1 aromatic rings. The summed E-state index contributed by atoms with van der Waals surface area (Å²) in [5, 5.41) is 0. The van der Waals surface area contributed by atoms with E-state index in [4.69, 9.17) is 4.74 Å². The standard InChI is InChI=1S/C11H15F2NO/c1-8(2)9-4-5-14-10(6-9)15-7-11(3,12)13/h4-6,8H,7H2,1-3H3. The first-order valence-corrected chi connectivity index (χ1v) is 4.85. The molecule has 0 spiro atoms. The van der Waals surface area contributed by atoms with E-state index in [1.165, 1.54) is 0 Å². The number of hydrogen-bond donors (Lipinski definition) is 0. The molecule has 1 heterocycles. The molecule has 0 saturated heterocycles. The van der Waals surface area contributed by atoms with Gasteiger partial charge in [-0.2, -0.15) is 0 Å². The number of nitrogens with zero attached hydrogens (tertiary/aromatic N) is 1. The molecule has 15 heavy (non-hydrogen) atoms. The molecule has 1 rings (SSSR count). The molecule has 0 N–H and O–H groups in total. The van der Waals surface area contributed by atoms with E-state index in [1.54, 1.807) is 12.3 Å². The molecule has 0 aliphatic carbocycles. The van der Waals surface area contributed by atoms with Crippen LogP contribution < -0.4 is 4.74 Å². The quantitative estimate of drug-likeness (QED) is 0.769. The third-order valence-corrected chi connectivity index (χ3v) is 1.90. The van der Waals surface area contributed by atoms with E-state index in [1.807, 2.05) is 19.9 Å². The second kappa shape index (κ2) is 4.55. The fourth-order valence-electron chi connectivity index (χ4n) is 1.06. The normalized spacial score (nSPS) is 11.9. The first-order chi connectivity index (χ1) is 6.88. The van der Waals surface area contributed by atoms with Crippen molar-refractivity contribution in [1.82, 2.24) is 4.98 Å². The van der Waals surface area contributed by atoms with Crippen LogP contribution in [0.1, 0.15) is 32.3 Å². The summed E-state index contributed by atoms with van der Waals surface area (Å²) in [6.45, 7) is 4.22. The third-order valence-electron chi connectivity index (χ3n) is 1.90. The van der Waals surface area contributed by atoms with Gasteiger partial charge in [0.25, 0.3) is 5.92 Å². The van der Waals surface area contributed by atoms with Crippen LogP contribution in [0.15, 0.2) is 18.3 Å². The van der Waals surface area contributed by atoms with Crippen molar-refractivity contribution in [3.05, 3.63) is 23.9 Å². The molecular formula is C11H15F2NO. The van der Waals surface area contributed by atoms with E-state index in [2.05, 4.69) is 4.98 Å². The number of ether oxygens (including phenoxy) is 1. The molecule has 0 aromatic carbocycles. The molecule has 0 amide bonds. The molecule has 0 unspecified atom stereocenters. The van der Waals surface area contributed by atoms with Crippen LogP contribution in [0, 0.1) is 0 Å². The highest BCUT2D eigenvalue weighted by molar-refractivity contribution is 5.23. The van der Waals surface area contributed by atoms with Crippen molar-refractivity contribution in [2.75, 3.05) is 6.61 Å². The SMILES string of the molecule is CC(C)c1ccnc(OCC(C)(F)F)c1. The summed E-state index contributed by atoms with van der Waals surface area (Å²) in [5.41, 5.74) is 1.03. The highest BCUT2D eigenvalue weighted by atomic mass is 19.3. The average Bonchev–Trinajstić information content (AvgIpc) is 2.14. The Morgan fingerprint density at radius 1 is 1.47 bits per heavy atom. The minimum Gasteiger partial charge on any atom is -0.471 e. The summed E-state index contributed by atoms with van der Waals surface area (Å²) in [5.74, 6) is -2.24. The Kier molecular flexibility index (Phi) is 3.61. The van der Waals surface area contributed by atoms with Crippen LogP contribution in [-0.2, 0) is 0 Å². The van der Waals surface area contributed by atoms with Crippen molar-refractivity contribution in [2.45, 2.75) is 32.6 Å². The van der Waals surface area contributed by atoms with Crippen LogP contribution in [0.2, 0.25) is 0 Å². The molecular weight excluding hydrogens is 200 g/mol. The first-order valence-electron chi connectivity index (χ1n) is 4.85. The van der Waals surface area contributed by atoms with Gasteiger partial charge in [0.15, 0.2) is 6.61 Å². The summed E-state index contributed by atoms with van der Waals surface area (Å²) < 4.78 is 29.9. The number of hydrogen-bond acceptors (Lipinski definition) is 2. The first kappa shape index (κ1) is 11.9. The number of aromatic nitrogens is 1. The van der Waals surface area contributed by atoms with Gasteiger partial charge in [0, 0.05) is 19.2 Å². The zero-order valence-electron chi connectivity index (χ0n) is 9.13. The van der Waals surface area contributed by atoms with Gasteiger partial charge >= 0.3 is 0 Å². The number of alkyl halides is 2. The lowest BCUT2D eigenvalue weighted by molar-refractivity contribution is -0.0242. The molecule has 0 fully saturated rings. The fraction of sp³-hybridized carbons (Fsp3) is 0.545. The molecule has 0 aliphatic rings. The monoisotopic (exact) mass is 215 g/mol. The largest absolute Gasteiger partial charge is 0.471 e. The number of pyridine rings is 1. The lowest BCUT2D eigenvalue weighted by Gasteiger charge is -2.12. The lowest BCUT2D eigenvalue weighted by atomic mass is 10.1. The molecule has 84 valence electrons. The zero-order chi connectivity index (χ0) is 11.5.